The number of amides is 2. The SMILES string of the molecule is CCOC(=O)CC(=O)Nc1ccc(NC(=O)CC(=O)OCC)cc1. The Balaban J connectivity index is 2.48. The summed E-state index contributed by atoms with van der Waals surface area (Å²) in [4.78, 5) is 45.6. The molecule has 0 aromatic heterocycles. The Kier molecular flexibility index (Phi) is 7.97. The van der Waals surface area contributed by atoms with E-state index in [9.17, 15) is 19.2 Å². The molecule has 24 heavy (non-hydrogen) atoms. The van der Waals surface area contributed by atoms with Crippen LogP contribution in [0.25, 0.3) is 0 Å². The molecule has 0 radical (unpaired) electrons. The van der Waals surface area contributed by atoms with E-state index in [1.165, 1.54) is 0 Å². The summed E-state index contributed by atoms with van der Waals surface area (Å²) in [5.41, 5.74) is 0.931. The predicted molar refractivity (Wildman–Crippen MR) is 86.2 cm³/mol. The van der Waals surface area contributed by atoms with Crippen LogP contribution in [-0.2, 0) is 28.7 Å². The van der Waals surface area contributed by atoms with Crippen LogP contribution < -0.4 is 10.6 Å². The van der Waals surface area contributed by atoms with E-state index in [1.54, 1.807) is 38.1 Å². The van der Waals surface area contributed by atoms with Gasteiger partial charge in [0.15, 0.2) is 0 Å². The molecular weight excluding hydrogens is 316 g/mol. The Bertz CT molecular complexity index is 544. The first kappa shape index (κ1) is 19.1. The number of esters is 2. The third-order valence-corrected chi connectivity index (χ3v) is 2.67. The topological polar surface area (TPSA) is 111 Å². The lowest BCUT2D eigenvalue weighted by Crippen LogP contribution is -2.19. The summed E-state index contributed by atoms with van der Waals surface area (Å²) >= 11 is 0. The fourth-order valence-electron chi connectivity index (χ4n) is 1.73. The van der Waals surface area contributed by atoms with E-state index in [0.717, 1.165) is 0 Å². The van der Waals surface area contributed by atoms with E-state index in [2.05, 4.69) is 20.1 Å². The molecule has 0 aliphatic carbocycles. The van der Waals surface area contributed by atoms with Gasteiger partial charge in [-0.2, -0.15) is 0 Å². The Morgan fingerprint density at radius 2 is 1.08 bits per heavy atom. The monoisotopic (exact) mass is 336 g/mol. The van der Waals surface area contributed by atoms with Gasteiger partial charge >= 0.3 is 11.9 Å². The number of ether oxygens (including phenoxy) is 2. The Labute approximate surface area is 139 Å². The van der Waals surface area contributed by atoms with Gasteiger partial charge < -0.3 is 20.1 Å². The lowest BCUT2D eigenvalue weighted by Gasteiger charge is -2.08. The number of hydrogen-bond acceptors (Lipinski definition) is 6. The lowest BCUT2D eigenvalue weighted by molar-refractivity contribution is -0.146. The Morgan fingerprint density at radius 1 is 0.750 bits per heavy atom. The summed E-state index contributed by atoms with van der Waals surface area (Å²) in [6.45, 7) is 3.74. The van der Waals surface area contributed by atoms with Crippen LogP contribution in [0.4, 0.5) is 11.4 Å². The van der Waals surface area contributed by atoms with E-state index in [4.69, 9.17) is 0 Å². The van der Waals surface area contributed by atoms with Crippen LogP contribution in [0.2, 0.25) is 0 Å². The standard InChI is InChI=1S/C16H20N2O6/c1-3-23-15(21)9-13(19)17-11-5-7-12(8-6-11)18-14(20)10-16(22)24-4-2/h5-8H,3-4,9-10H2,1-2H3,(H,17,19)(H,18,20). The second kappa shape index (κ2) is 9.98. The Morgan fingerprint density at radius 3 is 1.38 bits per heavy atom. The third-order valence-electron chi connectivity index (χ3n) is 2.67. The maximum atomic E-state index is 11.6. The number of nitrogens with one attached hydrogen (secondary N) is 2. The van der Waals surface area contributed by atoms with Crippen LogP contribution in [0.3, 0.4) is 0 Å². The molecule has 0 unspecified atom stereocenters. The molecular formula is C16H20N2O6. The highest BCUT2D eigenvalue weighted by atomic mass is 16.5. The summed E-state index contributed by atoms with van der Waals surface area (Å²) in [6.07, 6.45) is -0.738. The van der Waals surface area contributed by atoms with Crippen LogP contribution >= 0.6 is 0 Å². The van der Waals surface area contributed by atoms with Crippen molar-refractivity contribution >= 4 is 35.1 Å². The predicted octanol–water partition coefficient (Wildman–Crippen LogP) is 1.47. The first-order valence-electron chi connectivity index (χ1n) is 7.45. The third kappa shape index (κ3) is 7.39. The number of rotatable bonds is 8. The number of hydrogen-bond donors (Lipinski definition) is 2. The smallest absolute Gasteiger partial charge is 0.315 e. The minimum absolute atomic E-state index is 0.215. The molecule has 0 aliphatic rings. The molecule has 1 aromatic carbocycles. The zero-order valence-electron chi connectivity index (χ0n) is 13.6. The Hall–Kier alpha value is -2.90. The van der Waals surface area contributed by atoms with Gasteiger partial charge in [-0.25, -0.2) is 0 Å². The molecule has 2 N–H and O–H groups in total. The lowest BCUT2D eigenvalue weighted by atomic mass is 10.2. The summed E-state index contributed by atoms with van der Waals surface area (Å²) < 4.78 is 9.35. The molecule has 1 rings (SSSR count). The van der Waals surface area contributed by atoms with Crippen molar-refractivity contribution in [1.29, 1.82) is 0 Å². The van der Waals surface area contributed by atoms with Crippen molar-refractivity contribution in [2.45, 2.75) is 26.7 Å². The van der Waals surface area contributed by atoms with Gasteiger partial charge in [0, 0.05) is 11.4 Å². The fourth-order valence-corrected chi connectivity index (χ4v) is 1.73. The van der Waals surface area contributed by atoms with Crippen molar-refractivity contribution in [2.24, 2.45) is 0 Å². The van der Waals surface area contributed by atoms with Gasteiger partial charge in [0.2, 0.25) is 11.8 Å². The van der Waals surface area contributed by atoms with E-state index >= 15 is 0 Å². The van der Waals surface area contributed by atoms with Gasteiger partial charge in [-0.15, -0.1) is 0 Å². The highest BCUT2D eigenvalue weighted by Crippen LogP contribution is 2.14. The quantitative estimate of drug-likeness (QED) is 0.549. The van der Waals surface area contributed by atoms with Gasteiger partial charge in [0.05, 0.1) is 13.2 Å². The summed E-state index contributed by atoms with van der Waals surface area (Å²) in [5, 5.41) is 5.07. The second-order valence-electron chi connectivity index (χ2n) is 4.64. The number of carbonyl (C=O) groups is 4. The fraction of sp³-hybridized carbons (Fsp3) is 0.375. The van der Waals surface area contributed by atoms with E-state index in [1.807, 2.05) is 0 Å². The van der Waals surface area contributed by atoms with Crippen molar-refractivity contribution in [1.82, 2.24) is 0 Å². The van der Waals surface area contributed by atoms with Crippen LogP contribution in [-0.4, -0.2) is 37.0 Å². The molecule has 0 fully saturated rings. The molecule has 0 spiro atoms. The molecule has 0 saturated heterocycles. The summed E-state index contributed by atoms with van der Waals surface area (Å²) in [5.74, 6) is -2.18. The van der Waals surface area contributed by atoms with Crippen LogP contribution in [0, 0.1) is 0 Å². The van der Waals surface area contributed by atoms with Crippen molar-refractivity contribution in [3.8, 4) is 0 Å². The van der Waals surface area contributed by atoms with Gasteiger partial charge in [-0.1, -0.05) is 0 Å². The summed E-state index contributed by atoms with van der Waals surface area (Å²) in [7, 11) is 0. The highest BCUT2D eigenvalue weighted by Gasteiger charge is 2.12. The normalized spacial score (nSPS) is 9.75. The van der Waals surface area contributed by atoms with Gasteiger partial charge in [-0.3, -0.25) is 19.2 Å². The molecule has 0 bridgehead atoms. The van der Waals surface area contributed by atoms with Gasteiger partial charge in [-0.05, 0) is 38.1 Å². The minimum atomic E-state index is -0.599. The second-order valence-corrected chi connectivity index (χ2v) is 4.64. The average molecular weight is 336 g/mol. The number of anilines is 2. The van der Waals surface area contributed by atoms with Crippen molar-refractivity contribution in [3.05, 3.63) is 24.3 Å². The molecule has 0 saturated carbocycles. The highest BCUT2D eigenvalue weighted by molar-refractivity contribution is 6.03. The summed E-state index contributed by atoms with van der Waals surface area (Å²) in [6, 6.07) is 6.23. The molecule has 0 aliphatic heterocycles. The maximum absolute atomic E-state index is 11.6. The molecule has 8 heteroatoms. The molecule has 130 valence electrons. The van der Waals surface area contributed by atoms with Crippen molar-refractivity contribution in [2.75, 3.05) is 23.8 Å². The van der Waals surface area contributed by atoms with E-state index in [0.29, 0.717) is 11.4 Å². The molecule has 0 heterocycles. The number of carbonyl (C=O) groups excluding carboxylic acids is 4. The van der Waals surface area contributed by atoms with Crippen LogP contribution in [0.15, 0.2) is 24.3 Å². The van der Waals surface area contributed by atoms with Crippen molar-refractivity contribution < 1.29 is 28.7 Å². The van der Waals surface area contributed by atoms with Gasteiger partial charge in [0.25, 0.3) is 0 Å². The zero-order chi connectivity index (χ0) is 17.9. The zero-order valence-corrected chi connectivity index (χ0v) is 13.6. The van der Waals surface area contributed by atoms with E-state index in [-0.39, 0.29) is 26.1 Å². The average Bonchev–Trinajstić information content (AvgIpc) is 2.49. The molecule has 8 nitrogen and oxygen atoms in total. The van der Waals surface area contributed by atoms with Crippen molar-refractivity contribution in [3.63, 3.8) is 0 Å². The largest absolute Gasteiger partial charge is 0.466 e. The minimum Gasteiger partial charge on any atom is -0.466 e. The first-order valence-corrected chi connectivity index (χ1v) is 7.45. The number of benzene rings is 1. The van der Waals surface area contributed by atoms with Crippen LogP contribution in [0.5, 0.6) is 0 Å². The van der Waals surface area contributed by atoms with Gasteiger partial charge in [0.1, 0.15) is 12.8 Å². The molecule has 0 atom stereocenters. The van der Waals surface area contributed by atoms with E-state index < -0.39 is 23.8 Å². The first-order chi connectivity index (χ1) is 11.4. The molecule has 1 aromatic rings. The van der Waals surface area contributed by atoms with Crippen LogP contribution in [0.1, 0.15) is 26.7 Å². The maximum Gasteiger partial charge on any atom is 0.315 e. The molecule has 2 amide bonds.